The van der Waals surface area contributed by atoms with Gasteiger partial charge in [-0.1, -0.05) is 23.5 Å². The Kier molecular flexibility index (Phi) is 5.32. The van der Waals surface area contributed by atoms with Crippen LogP contribution in [0.2, 0.25) is 0 Å². The van der Waals surface area contributed by atoms with Crippen LogP contribution in [-0.4, -0.2) is 36.8 Å². The van der Waals surface area contributed by atoms with E-state index in [1.807, 2.05) is 36.6 Å². The average molecular weight is 347 g/mol. The van der Waals surface area contributed by atoms with Crippen molar-refractivity contribution in [3.63, 3.8) is 0 Å². The van der Waals surface area contributed by atoms with Gasteiger partial charge < -0.3 is 19.5 Å². The Morgan fingerprint density at radius 1 is 1.29 bits per heavy atom. The number of thiazole rings is 1. The van der Waals surface area contributed by atoms with E-state index in [0.29, 0.717) is 19.8 Å². The quantitative estimate of drug-likeness (QED) is 0.899. The lowest BCUT2D eigenvalue weighted by Crippen LogP contribution is -2.36. The van der Waals surface area contributed by atoms with Gasteiger partial charge >= 0.3 is 4.87 Å². The highest BCUT2D eigenvalue weighted by Crippen LogP contribution is 2.26. The minimum absolute atomic E-state index is 0.0194. The number of carbonyl (C=O) groups is 1. The molecule has 2 aromatic rings. The number of benzene rings is 1. The van der Waals surface area contributed by atoms with Crippen LogP contribution in [0.25, 0.3) is 0 Å². The van der Waals surface area contributed by atoms with E-state index >= 15 is 0 Å². The highest BCUT2D eigenvalue weighted by Gasteiger charge is 2.16. The smallest absolute Gasteiger partial charge is 0.307 e. The van der Waals surface area contributed by atoms with Crippen molar-refractivity contribution in [3.8, 4) is 0 Å². The summed E-state index contributed by atoms with van der Waals surface area (Å²) in [5, 5.41) is 4.79. The predicted octanol–water partition coefficient (Wildman–Crippen LogP) is 2.08. The number of aryl methyl sites for hydroxylation is 1. The molecule has 1 aromatic heterocycles. The summed E-state index contributed by atoms with van der Waals surface area (Å²) in [6.45, 7) is 5.31. The number of rotatable bonds is 5. The lowest BCUT2D eigenvalue weighted by Gasteiger charge is -2.30. The van der Waals surface area contributed by atoms with E-state index in [9.17, 15) is 9.59 Å². The lowest BCUT2D eigenvalue weighted by atomic mass is 10.2. The molecular weight excluding hydrogens is 326 g/mol. The third-order valence-corrected chi connectivity index (χ3v) is 4.95. The molecule has 0 bridgehead atoms. The zero-order chi connectivity index (χ0) is 16.9. The Hall–Kier alpha value is -2.12. The summed E-state index contributed by atoms with van der Waals surface area (Å²) >= 11 is 1.17. The van der Waals surface area contributed by atoms with Crippen LogP contribution >= 0.6 is 11.3 Å². The molecule has 0 atom stereocenters. The van der Waals surface area contributed by atoms with Crippen molar-refractivity contribution in [2.45, 2.75) is 19.9 Å². The van der Waals surface area contributed by atoms with Gasteiger partial charge in [0.25, 0.3) is 0 Å². The zero-order valence-corrected chi connectivity index (χ0v) is 14.5. The minimum atomic E-state index is -0.0896. The van der Waals surface area contributed by atoms with E-state index < -0.39 is 0 Å². The molecule has 1 fully saturated rings. The number of ether oxygens (including phenoxy) is 1. The van der Waals surface area contributed by atoms with Crippen molar-refractivity contribution < 1.29 is 9.53 Å². The summed E-state index contributed by atoms with van der Waals surface area (Å²) in [7, 11) is 0. The molecule has 1 aromatic carbocycles. The third kappa shape index (κ3) is 3.85. The molecule has 6 nitrogen and oxygen atoms in total. The number of amides is 1. The number of hydrogen-bond donors (Lipinski definition) is 1. The minimum Gasteiger partial charge on any atom is -0.378 e. The van der Waals surface area contributed by atoms with Gasteiger partial charge in [0.15, 0.2) is 0 Å². The second kappa shape index (κ2) is 7.63. The first-order chi connectivity index (χ1) is 11.6. The molecule has 0 radical (unpaired) electrons. The van der Waals surface area contributed by atoms with E-state index in [0.717, 1.165) is 30.2 Å². The SMILES string of the molecule is Cc1csc(=O)n1CCC(=O)Nc1ccccc1N1CCOCC1. The van der Waals surface area contributed by atoms with Gasteiger partial charge in [0.2, 0.25) is 5.91 Å². The van der Waals surface area contributed by atoms with Crippen molar-refractivity contribution >= 4 is 28.6 Å². The third-order valence-electron chi connectivity index (χ3n) is 4.07. The normalized spacial score (nSPS) is 14.6. The molecule has 3 rings (SSSR count). The fourth-order valence-electron chi connectivity index (χ4n) is 2.76. The van der Waals surface area contributed by atoms with E-state index in [1.54, 1.807) is 4.57 Å². The van der Waals surface area contributed by atoms with Crippen molar-refractivity contribution in [1.82, 2.24) is 4.57 Å². The second-order valence-corrected chi connectivity index (χ2v) is 6.53. The standard InChI is InChI=1S/C17H21N3O3S/c1-13-12-24-17(22)20(13)7-6-16(21)18-14-4-2-3-5-15(14)19-8-10-23-11-9-19/h2-5,12H,6-11H2,1H3,(H,18,21). The maximum Gasteiger partial charge on any atom is 0.307 e. The number of hydrogen-bond acceptors (Lipinski definition) is 5. The maximum absolute atomic E-state index is 12.3. The molecule has 0 spiro atoms. The first kappa shape index (κ1) is 16.7. The maximum atomic E-state index is 12.3. The number of carbonyl (C=O) groups excluding carboxylic acids is 1. The van der Waals surface area contributed by atoms with Gasteiger partial charge in [-0.25, -0.2) is 0 Å². The molecule has 1 amide bonds. The van der Waals surface area contributed by atoms with Crippen LogP contribution in [0, 0.1) is 6.92 Å². The van der Waals surface area contributed by atoms with Crippen LogP contribution in [0.15, 0.2) is 34.4 Å². The molecular formula is C17H21N3O3S. The summed E-state index contributed by atoms with van der Waals surface area (Å²) in [6.07, 6.45) is 0.273. The molecule has 24 heavy (non-hydrogen) atoms. The molecule has 1 saturated heterocycles. The number of anilines is 2. The van der Waals surface area contributed by atoms with Crippen molar-refractivity contribution in [3.05, 3.63) is 45.0 Å². The van der Waals surface area contributed by atoms with Gasteiger partial charge in [-0.15, -0.1) is 0 Å². The number of morpholine rings is 1. The average Bonchev–Trinajstić information content (AvgIpc) is 2.92. The van der Waals surface area contributed by atoms with Crippen molar-refractivity contribution in [1.29, 1.82) is 0 Å². The first-order valence-corrected chi connectivity index (χ1v) is 8.89. The van der Waals surface area contributed by atoms with E-state index in [4.69, 9.17) is 4.74 Å². The topological polar surface area (TPSA) is 63.6 Å². The van der Waals surface area contributed by atoms with Gasteiger partial charge in [-0.2, -0.15) is 0 Å². The van der Waals surface area contributed by atoms with Crippen LogP contribution < -0.4 is 15.1 Å². The zero-order valence-electron chi connectivity index (χ0n) is 13.7. The Bertz CT molecular complexity index is 762. The monoisotopic (exact) mass is 347 g/mol. The molecule has 0 unspecified atom stereocenters. The summed E-state index contributed by atoms with van der Waals surface area (Å²) in [4.78, 5) is 26.2. The highest BCUT2D eigenvalue weighted by molar-refractivity contribution is 7.07. The van der Waals surface area contributed by atoms with Crippen molar-refractivity contribution in [2.24, 2.45) is 0 Å². The molecule has 0 saturated carbocycles. The lowest BCUT2D eigenvalue weighted by molar-refractivity contribution is -0.116. The molecule has 128 valence electrons. The van der Waals surface area contributed by atoms with Crippen LogP contribution in [0.3, 0.4) is 0 Å². The summed E-state index contributed by atoms with van der Waals surface area (Å²) < 4.78 is 7.02. The van der Waals surface area contributed by atoms with Gasteiger partial charge in [0.1, 0.15) is 0 Å². The van der Waals surface area contributed by atoms with Crippen LogP contribution in [0.4, 0.5) is 11.4 Å². The van der Waals surface area contributed by atoms with E-state index in [-0.39, 0.29) is 17.2 Å². The second-order valence-electron chi connectivity index (χ2n) is 5.71. The summed E-state index contributed by atoms with van der Waals surface area (Å²) in [6, 6.07) is 7.79. The molecule has 1 aliphatic heterocycles. The highest BCUT2D eigenvalue weighted by atomic mass is 32.1. The van der Waals surface area contributed by atoms with E-state index in [2.05, 4.69) is 10.2 Å². The Labute approximate surface area is 144 Å². The molecule has 2 heterocycles. The van der Waals surface area contributed by atoms with Crippen LogP contribution in [-0.2, 0) is 16.1 Å². The van der Waals surface area contributed by atoms with E-state index in [1.165, 1.54) is 11.3 Å². The fraction of sp³-hybridized carbons (Fsp3) is 0.412. The largest absolute Gasteiger partial charge is 0.378 e. The molecule has 7 heteroatoms. The molecule has 1 aliphatic rings. The Balaban J connectivity index is 1.65. The number of nitrogens with one attached hydrogen (secondary N) is 1. The number of nitrogens with zero attached hydrogens (tertiary/aromatic N) is 2. The predicted molar refractivity (Wildman–Crippen MR) is 96.0 cm³/mol. The molecule has 1 N–H and O–H groups in total. The molecule has 0 aliphatic carbocycles. The van der Waals surface area contributed by atoms with Crippen LogP contribution in [0.1, 0.15) is 12.1 Å². The number of aromatic nitrogens is 1. The number of para-hydroxylation sites is 2. The van der Waals surface area contributed by atoms with Gasteiger partial charge in [-0.3, -0.25) is 9.59 Å². The summed E-state index contributed by atoms with van der Waals surface area (Å²) in [5.74, 6) is -0.0896. The Morgan fingerprint density at radius 2 is 2.04 bits per heavy atom. The van der Waals surface area contributed by atoms with Gasteiger partial charge in [0, 0.05) is 37.1 Å². The fourth-order valence-corrected chi connectivity index (χ4v) is 3.52. The van der Waals surface area contributed by atoms with Crippen molar-refractivity contribution in [2.75, 3.05) is 36.5 Å². The van der Waals surface area contributed by atoms with Gasteiger partial charge in [-0.05, 0) is 19.1 Å². The Morgan fingerprint density at radius 3 is 2.75 bits per heavy atom. The first-order valence-electron chi connectivity index (χ1n) is 8.01. The van der Waals surface area contributed by atoms with Gasteiger partial charge in [0.05, 0.1) is 24.6 Å². The summed E-state index contributed by atoms with van der Waals surface area (Å²) in [5.41, 5.74) is 2.71. The van der Waals surface area contributed by atoms with Crippen LogP contribution in [0.5, 0.6) is 0 Å².